The Morgan fingerprint density at radius 3 is 2.72 bits per heavy atom. The van der Waals surface area contributed by atoms with Crippen LogP contribution in [-0.2, 0) is 6.42 Å². The fraction of sp³-hybridized carbons (Fsp3) is 0.250. The molecule has 1 aromatic heterocycles. The summed E-state index contributed by atoms with van der Waals surface area (Å²) < 4.78 is 25.3. The third kappa shape index (κ3) is 3.05. The monoisotopic (exact) mass is 271 g/mol. The first-order chi connectivity index (χ1) is 8.56. The van der Waals surface area contributed by atoms with Crippen LogP contribution in [0.15, 0.2) is 36.5 Å². The average Bonchev–Trinajstić information content (AvgIpc) is 2.78. The van der Waals surface area contributed by atoms with Crippen molar-refractivity contribution >= 4 is 11.6 Å². The molecule has 18 heavy (non-hydrogen) atoms. The van der Waals surface area contributed by atoms with Gasteiger partial charge in [-0.1, -0.05) is 23.7 Å². The molecule has 0 aliphatic carbocycles. The second-order valence-corrected chi connectivity index (χ2v) is 4.38. The highest BCUT2D eigenvalue weighted by Gasteiger charge is 2.13. The van der Waals surface area contributed by atoms with Crippen LogP contribution in [-0.4, -0.2) is 9.78 Å². The summed E-state index contributed by atoms with van der Waals surface area (Å²) in [7, 11) is 0. The predicted octanol–water partition coefficient (Wildman–Crippen LogP) is 3.17. The van der Waals surface area contributed by atoms with Gasteiger partial charge in [0.05, 0.1) is 11.7 Å². The van der Waals surface area contributed by atoms with E-state index in [0.717, 1.165) is 5.56 Å². The zero-order chi connectivity index (χ0) is 13.1. The fourth-order valence-corrected chi connectivity index (χ4v) is 1.89. The summed E-state index contributed by atoms with van der Waals surface area (Å²) in [5.41, 5.74) is 7.31. The van der Waals surface area contributed by atoms with Gasteiger partial charge in [-0.25, -0.2) is 4.68 Å². The third-order valence-electron chi connectivity index (χ3n) is 2.55. The van der Waals surface area contributed by atoms with Crippen LogP contribution >= 0.6 is 11.6 Å². The number of nitrogens with two attached hydrogens (primary N) is 1. The lowest BCUT2D eigenvalue weighted by Crippen LogP contribution is -2.14. The molecule has 1 atom stereocenters. The summed E-state index contributed by atoms with van der Waals surface area (Å²) in [5.74, 6) is 0. The number of alkyl halides is 2. The molecule has 6 heteroatoms. The van der Waals surface area contributed by atoms with Crippen molar-refractivity contribution in [3.63, 3.8) is 0 Å². The van der Waals surface area contributed by atoms with Crippen LogP contribution in [0.4, 0.5) is 8.78 Å². The summed E-state index contributed by atoms with van der Waals surface area (Å²) in [4.78, 5) is 0. The van der Waals surface area contributed by atoms with Crippen LogP contribution in [0.25, 0.3) is 0 Å². The summed E-state index contributed by atoms with van der Waals surface area (Å²) in [6, 6.07) is 8.34. The van der Waals surface area contributed by atoms with Crippen molar-refractivity contribution in [3.8, 4) is 0 Å². The van der Waals surface area contributed by atoms with Crippen LogP contribution in [0, 0.1) is 0 Å². The number of hydrogen-bond donors (Lipinski definition) is 1. The Bertz CT molecular complexity index is 528. The van der Waals surface area contributed by atoms with Crippen LogP contribution in [0.3, 0.4) is 0 Å². The smallest absolute Gasteiger partial charge is 0.322 e. The molecular formula is C12H12ClF2N3. The fourth-order valence-electron chi connectivity index (χ4n) is 1.68. The third-order valence-corrected chi connectivity index (χ3v) is 2.79. The van der Waals surface area contributed by atoms with E-state index in [1.807, 2.05) is 12.1 Å². The number of rotatable bonds is 4. The molecule has 2 aromatic rings. The molecule has 0 unspecified atom stereocenters. The summed E-state index contributed by atoms with van der Waals surface area (Å²) in [6.07, 6.45) is 1.72. The number of benzene rings is 1. The molecule has 0 spiro atoms. The maximum Gasteiger partial charge on any atom is 0.333 e. The number of aromatic nitrogens is 2. The van der Waals surface area contributed by atoms with Gasteiger partial charge in [-0.15, -0.1) is 0 Å². The van der Waals surface area contributed by atoms with Crippen LogP contribution in [0.1, 0.15) is 23.8 Å². The maximum absolute atomic E-state index is 12.4. The van der Waals surface area contributed by atoms with Gasteiger partial charge >= 0.3 is 6.55 Å². The lowest BCUT2D eigenvalue weighted by atomic mass is 10.0. The van der Waals surface area contributed by atoms with Crippen LogP contribution in [0.5, 0.6) is 0 Å². The Kier molecular flexibility index (Phi) is 3.93. The Morgan fingerprint density at radius 1 is 1.33 bits per heavy atom. The molecule has 1 heterocycles. The Hall–Kier alpha value is -1.46. The normalized spacial score (nSPS) is 12.9. The molecule has 2 rings (SSSR count). The van der Waals surface area contributed by atoms with Crippen molar-refractivity contribution in [3.05, 3.63) is 52.8 Å². The average molecular weight is 272 g/mol. The van der Waals surface area contributed by atoms with Crippen LogP contribution in [0.2, 0.25) is 5.02 Å². The SMILES string of the molecule is N[C@@H](Cc1cccc(Cl)c1)c1ccn(C(F)F)n1. The van der Waals surface area contributed by atoms with E-state index in [0.29, 0.717) is 21.8 Å². The summed E-state index contributed by atoms with van der Waals surface area (Å²) in [5, 5.41) is 4.36. The van der Waals surface area contributed by atoms with E-state index < -0.39 is 12.6 Å². The number of halogens is 3. The van der Waals surface area contributed by atoms with Gasteiger partial charge in [0.15, 0.2) is 0 Å². The van der Waals surface area contributed by atoms with E-state index in [2.05, 4.69) is 5.10 Å². The minimum Gasteiger partial charge on any atom is -0.322 e. The van der Waals surface area contributed by atoms with E-state index in [9.17, 15) is 8.78 Å². The number of hydrogen-bond acceptors (Lipinski definition) is 2. The molecule has 0 saturated carbocycles. The minimum absolute atomic E-state index is 0.427. The van der Waals surface area contributed by atoms with Gasteiger partial charge in [0.1, 0.15) is 0 Å². The van der Waals surface area contributed by atoms with Crippen molar-refractivity contribution in [1.29, 1.82) is 0 Å². The van der Waals surface area contributed by atoms with E-state index in [1.54, 1.807) is 12.1 Å². The minimum atomic E-state index is -2.64. The van der Waals surface area contributed by atoms with E-state index >= 15 is 0 Å². The molecule has 0 radical (unpaired) electrons. The molecule has 0 bridgehead atoms. The second kappa shape index (κ2) is 5.46. The first-order valence-electron chi connectivity index (χ1n) is 5.39. The molecule has 0 fully saturated rings. The highest BCUT2D eigenvalue weighted by atomic mass is 35.5. The van der Waals surface area contributed by atoms with Gasteiger partial charge in [0.2, 0.25) is 0 Å². The summed E-state index contributed by atoms with van der Waals surface area (Å²) >= 11 is 5.86. The molecule has 2 N–H and O–H groups in total. The van der Waals surface area contributed by atoms with Gasteiger partial charge in [0, 0.05) is 11.2 Å². The molecule has 1 aromatic carbocycles. The van der Waals surface area contributed by atoms with Crippen molar-refractivity contribution in [2.24, 2.45) is 5.73 Å². The Morgan fingerprint density at radius 2 is 2.11 bits per heavy atom. The van der Waals surface area contributed by atoms with Crippen molar-refractivity contribution < 1.29 is 8.78 Å². The largest absolute Gasteiger partial charge is 0.333 e. The highest BCUT2D eigenvalue weighted by Crippen LogP contribution is 2.18. The van der Waals surface area contributed by atoms with Crippen molar-refractivity contribution in [2.45, 2.75) is 19.0 Å². The zero-order valence-corrected chi connectivity index (χ0v) is 10.2. The van der Waals surface area contributed by atoms with Gasteiger partial charge in [-0.05, 0) is 30.2 Å². The molecular weight excluding hydrogens is 260 g/mol. The van der Waals surface area contributed by atoms with Gasteiger partial charge in [0.25, 0.3) is 0 Å². The predicted molar refractivity (Wildman–Crippen MR) is 65.6 cm³/mol. The molecule has 0 amide bonds. The quantitative estimate of drug-likeness (QED) is 0.928. The van der Waals surface area contributed by atoms with Crippen molar-refractivity contribution in [2.75, 3.05) is 0 Å². The Balaban J connectivity index is 2.09. The van der Waals surface area contributed by atoms with Gasteiger partial charge in [-0.2, -0.15) is 13.9 Å². The van der Waals surface area contributed by atoms with Crippen molar-refractivity contribution in [1.82, 2.24) is 9.78 Å². The molecule has 0 aliphatic heterocycles. The van der Waals surface area contributed by atoms with Gasteiger partial charge in [-0.3, -0.25) is 0 Å². The second-order valence-electron chi connectivity index (χ2n) is 3.94. The molecule has 96 valence electrons. The van der Waals surface area contributed by atoms with Gasteiger partial charge < -0.3 is 5.73 Å². The lowest BCUT2D eigenvalue weighted by Gasteiger charge is -2.09. The number of nitrogens with zero attached hydrogens (tertiary/aromatic N) is 2. The highest BCUT2D eigenvalue weighted by molar-refractivity contribution is 6.30. The first kappa shape index (κ1) is 13.0. The Labute approximate surface area is 108 Å². The van der Waals surface area contributed by atoms with E-state index in [-0.39, 0.29) is 0 Å². The maximum atomic E-state index is 12.4. The molecule has 0 saturated heterocycles. The standard InChI is InChI=1S/C12H12ClF2N3/c13-9-3-1-2-8(6-9)7-10(16)11-4-5-18(17-11)12(14)15/h1-6,10,12H,7,16H2/t10-/m0/s1. The summed E-state index contributed by atoms with van der Waals surface area (Å²) in [6.45, 7) is -2.64. The molecule has 3 nitrogen and oxygen atoms in total. The topological polar surface area (TPSA) is 43.8 Å². The van der Waals surface area contributed by atoms with E-state index in [4.69, 9.17) is 17.3 Å². The van der Waals surface area contributed by atoms with E-state index in [1.165, 1.54) is 12.3 Å². The lowest BCUT2D eigenvalue weighted by molar-refractivity contribution is 0.0560. The molecule has 0 aliphatic rings. The van der Waals surface area contributed by atoms with Crippen LogP contribution < -0.4 is 5.73 Å². The first-order valence-corrected chi connectivity index (χ1v) is 5.77. The zero-order valence-electron chi connectivity index (χ0n) is 9.43.